The number of carbonyl (C=O) groups excluding carboxylic acids is 2. The summed E-state index contributed by atoms with van der Waals surface area (Å²) in [5.41, 5.74) is 9.32. The number of azide groups is 1. The average molecular weight is 353 g/mol. The zero-order valence-corrected chi connectivity index (χ0v) is 12.9. The van der Waals surface area contributed by atoms with E-state index in [0.29, 0.717) is 28.7 Å². The molecule has 0 N–H and O–H groups in total. The summed E-state index contributed by atoms with van der Waals surface area (Å²) in [7, 11) is 1.30. The van der Waals surface area contributed by atoms with E-state index in [1.165, 1.54) is 7.11 Å². The van der Waals surface area contributed by atoms with Crippen LogP contribution >= 0.6 is 15.9 Å². The Labute approximate surface area is 129 Å². The summed E-state index contributed by atoms with van der Waals surface area (Å²) in [6.45, 7) is 0.744. The van der Waals surface area contributed by atoms with Gasteiger partial charge in [0.05, 0.1) is 22.8 Å². The molecular weight excluding hydrogens is 340 g/mol. The van der Waals surface area contributed by atoms with E-state index in [0.717, 1.165) is 0 Å². The Morgan fingerprint density at radius 1 is 1.62 bits per heavy atom. The van der Waals surface area contributed by atoms with E-state index in [2.05, 4.69) is 26.0 Å². The number of rotatable bonds is 4. The lowest BCUT2D eigenvalue weighted by atomic mass is 10.1. The molecular formula is C13H13BrN4O3. The fourth-order valence-electron chi connectivity index (χ4n) is 2.28. The average Bonchev–Trinajstić information content (AvgIpc) is 2.85. The summed E-state index contributed by atoms with van der Waals surface area (Å²) in [6.07, 6.45) is 0.327. The Hall–Kier alpha value is -2.05. The van der Waals surface area contributed by atoms with Gasteiger partial charge in [-0.25, -0.2) is 4.79 Å². The molecule has 0 bridgehead atoms. The molecule has 7 nitrogen and oxygen atoms in total. The van der Waals surface area contributed by atoms with Gasteiger partial charge in [0.15, 0.2) is 0 Å². The maximum atomic E-state index is 12.1. The maximum absolute atomic E-state index is 12.1. The van der Waals surface area contributed by atoms with Crippen LogP contribution in [0.5, 0.6) is 0 Å². The maximum Gasteiger partial charge on any atom is 0.339 e. The first kappa shape index (κ1) is 15.3. The van der Waals surface area contributed by atoms with Gasteiger partial charge in [-0.15, -0.1) is 0 Å². The standard InChI is InChI=1S/C13H13BrN4O3/c1-21-13(20)9-3-2-4-10(12(9)14)18-7-8(5-11(18)19)6-16-17-15/h2-4,8H,5-7H2,1H3. The van der Waals surface area contributed by atoms with Crippen molar-refractivity contribution in [1.82, 2.24) is 0 Å². The van der Waals surface area contributed by atoms with Gasteiger partial charge in [-0.3, -0.25) is 4.79 Å². The number of hydrogen-bond donors (Lipinski definition) is 0. The van der Waals surface area contributed by atoms with Crippen LogP contribution in [0.3, 0.4) is 0 Å². The number of hydrogen-bond acceptors (Lipinski definition) is 4. The fourth-order valence-corrected chi connectivity index (χ4v) is 2.92. The van der Waals surface area contributed by atoms with Crippen molar-refractivity contribution in [2.45, 2.75) is 6.42 Å². The van der Waals surface area contributed by atoms with Gasteiger partial charge >= 0.3 is 5.97 Å². The third kappa shape index (κ3) is 3.17. The van der Waals surface area contributed by atoms with Crippen molar-refractivity contribution in [1.29, 1.82) is 0 Å². The van der Waals surface area contributed by atoms with Crippen molar-refractivity contribution in [3.05, 3.63) is 38.7 Å². The lowest BCUT2D eigenvalue weighted by Gasteiger charge is -2.19. The highest BCUT2D eigenvalue weighted by Crippen LogP contribution is 2.34. The third-order valence-corrected chi connectivity index (χ3v) is 4.12. The number of carbonyl (C=O) groups is 2. The molecule has 0 radical (unpaired) electrons. The quantitative estimate of drug-likeness (QED) is 0.360. The van der Waals surface area contributed by atoms with E-state index >= 15 is 0 Å². The van der Waals surface area contributed by atoms with E-state index in [-0.39, 0.29) is 18.4 Å². The molecule has 8 heteroatoms. The first-order chi connectivity index (χ1) is 10.1. The smallest absolute Gasteiger partial charge is 0.339 e. The van der Waals surface area contributed by atoms with Gasteiger partial charge in [0, 0.05) is 24.4 Å². The Kier molecular flexibility index (Phi) is 4.82. The monoisotopic (exact) mass is 352 g/mol. The van der Waals surface area contributed by atoms with E-state index in [1.807, 2.05) is 0 Å². The van der Waals surface area contributed by atoms with Crippen molar-refractivity contribution >= 4 is 33.5 Å². The predicted octanol–water partition coefficient (Wildman–Crippen LogP) is 2.90. The van der Waals surface area contributed by atoms with E-state index < -0.39 is 5.97 Å². The van der Waals surface area contributed by atoms with Crippen molar-refractivity contribution < 1.29 is 14.3 Å². The highest BCUT2D eigenvalue weighted by molar-refractivity contribution is 9.10. The number of ether oxygens (including phenoxy) is 1. The summed E-state index contributed by atoms with van der Waals surface area (Å²) in [6, 6.07) is 5.07. The van der Waals surface area contributed by atoms with Crippen molar-refractivity contribution in [2.75, 3.05) is 25.1 Å². The van der Waals surface area contributed by atoms with Crippen molar-refractivity contribution in [3.8, 4) is 0 Å². The fraction of sp³-hybridized carbons (Fsp3) is 0.385. The van der Waals surface area contributed by atoms with Crippen LogP contribution in [-0.4, -0.2) is 32.1 Å². The van der Waals surface area contributed by atoms with Crippen LogP contribution in [0.25, 0.3) is 10.4 Å². The van der Waals surface area contributed by atoms with E-state index in [4.69, 9.17) is 10.3 Å². The number of methoxy groups -OCH3 is 1. The number of esters is 1. The molecule has 0 spiro atoms. The van der Waals surface area contributed by atoms with Crippen LogP contribution in [-0.2, 0) is 9.53 Å². The van der Waals surface area contributed by atoms with Gasteiger partial charge in [0.1, 0.15) is 0 Å². The molecule has 21 heavy (non-hydrogen) atoms. The minimum atomic E-state index is -0.471. The number of halogens is 1. The lowest BCUT2D eigenvalue weighted by Crippen LogP contribution is -2.25. The third-order valence-electron chi connectivity index (χ3n) is 3.28. The lowest BCUT2D eigenvalue weighted by molar-refractivity contribution is -0.117. The number of nitrogens with zero attached hydrogens (tertiary/aromatic N) is 4. The van der Waals surface area contributed by atoms with Crippen LogP contribution in [0.15, 0.2) is 27.8 Å². The van der Waals surface area contributed by atoms with Crippen LogP contribution in [0, 0.1) is 5.92 Å². The normalized spacial score (nSPS) is 17.5. The largest absolute Gasteiger partial charge is 0.465 e. The van der Waals surface area contributed by atoms with Crippen LogP contribution in [0.1, 0.15) is 16.8 Å². The zero-order chi connectivity index (χ0) is 15.4. The molecule has 0 saturated carbocycles. The molecule has 1 aliphatic rings. The second-order valence-electron chi connectivity index (χ2n) is 4.62. The first-order valence-electron chi connectivity index (χ1n) is 6.26. The van der Waals surface area contributed by atoms with Gasteiger partial charge in [-0.1, -0.05) is 11.2 Å². The van der Waals surface area contributed by atoms with Crippen LogP contribution in [0.4, 0.5) is 5.69 Å². The predicted molar refractivity (Wildman–Crippen MR) is 80.0 cm³/mol. The SMILES string of the molecule is COC(=O)c1cccc(N2CC(CN=[N+]=[N-])CC2=O)c1Br. The molecule has 1 atom stereocenters. The van der Waals surface area contributed by atoms with Gasteiger partial charge in [0.25, 0.3) is 0 Å². The molecule has 1 fully saturated rings. The Morgan fingerprint density at radius 3 is 3.05 bits per heavy atom. The molecule has 1 saturated heterocycles. The summed E-state index contributed by atoms with van der Waals surface area (Å²) in [4.78, 5) is 28.1. The summed E-state index contributed by atoms with van der Waals surface area (Å²) >= 11 is 3.36. The summed E-state index contributed by atoms with van der Waals surface area (Å²) in [5, 5.41) is 3.51. The highest BCUT2D eigenvalue weighted by Gasteiger charge is 2.32. The second-order valence-corrected chi connectivity index (χ2v) is 5.41. The Bertz CT molecular complexity index is 628. The van der Waals surface area contributed by atoms with Crippen LogP contribution < -0.4 is 4.90 Å². The molecule has 1 aliphatic heterocycles. The highest BCUT2D eigenvalue weighted by atomic mass is 79.9. The van der Waals surface area contributed by atoms with Gasteiger partial charge in [0.2, 0.25) is 5.91 Å². The van der Waals surface area contributed by atoms with Crippen molar-refractivity contribution in [3.63, 3.8) is 0 Å². The molecule has 1 aromatic carbocycles. The number of benzene rings is 1. The molecule has 1 aromatic rings. The number of anilines is 1. The van der Waals surface area contributed by atoms with E-state index in [9.17, 15) is 9.59 Å². The topological polar surface area (TPSA) is 95.4 Å². The molecule has 0 aromatic heterocycles. The van der Waals surface area contributed by atoms with Gasteiger partial charge in [-0.2, -0.15) is 0 Å². The van der Waals surface area contributed by atoms with Gasteiger partial charge < -0.3 is 9.64 Å². The first-order valence-corrected chi connectivity index (χ1v) is 7.05. The summed E-state index contributed by atoms with van der Waals surface area (Å²) in [5.74, 6) is -0.543. The molecule has 0 aliphatic carbocycles. The summed E-state index contributed by atoms with van der Waals surface area (Å²) < 4.78 is 5.23. The molecule has 1 heterocycles. The van der Waals surface area contributed by atoms with Gasteiger partial charge in [-0.05, 0) is 39.5 Å². The molecule has 1 amide bonds. The van der Waals surface area contributed by atoms with Crippen molar-refractivity contribution in [2.24, 2.45) is 11.0 Å². The molecule has 2 rings (SSSR count). The molecule has 1 unspecified atom stereocenters. The van der Waals surface area contributed by atoms with Crippen LogP contribution in [0.2, 0.25) is 0 Å². The number of amides is 1. The zero-order valence-electron chi connectivity index (χ0n) is 11.3. The minimum absolute atomic E-state index is 0.0120. The minimum Gasteiger partial charge on any atom is -0.465 e. The Morgan fingerprint density at radius 2 is 2.38 bits per heavy atom. The second kappa shape index (κ2) is 6.60. The Balaban J connectivity index is 2.28. The van der Waals surface area contributed by atoms with E-state index in [1.54, 1.807) is 23.1 Å². The molecule has 110 valence electrons.